The third-order valence-corrected chi connectivity index (χ3v) is 2.15. The second-order valence-corrected chi connectivity index (χ2v) is 3.48. The van der Waals surface area contributed by atoms with Crippen molar-refractivity contribution in [3.63, 3.8) is 0 Å². The van der Waals surface area contributed by atoms with Crippen molar-refractivity contribution in [1.29, 1.82) is 0 Å². The molecule has 0 radical (unpaired) electrons. The lowest BCUT2D eigenvalue weighted by Crippen LogP contribution is -2.09. The second kappa shape index (κ2) is 4.80. The van der Waals surface area contributed by atoms with Crippen molar-refractivity contribution in [2.75, 3.05) is 17.6 Å². The zero-order chi connectivity index (χ0) is 11.4. The smallest absolute Gasteiger partial charge is 0.213 e. The van der Waals surface area contributed by atoms with Gasteiger partial charge in [0, 0.05) is 13.0 Å². The highest BCUT2D eigenvalue weighted by molar-refractivity contribution is 6.29. The van der Waals surface area contributed by atoms with Gasteiger partial charge in [0.05, 0.1) is 5.69 Å². The van der Waals surface area contributed by atoms with Crippen LogP contribution in [0.5, 0.6) is 0 Å². The SMILES string of the molecule is Nc1ccc(Cl)nc1NCCc1ncon1. The van der Waals surface area contributed by atoms with Gasteiger partial charge in [0.1, 0.15) is 5.15 Å². The number of nitrogens with one attached hydrogen (secondary N) is 1. The summed E-state index contributed by atoms with van der Waals surface area (Å²) in [7, 11) is 0. The number of hydrogen-bond donors (Lipinski definition) is 2. The zero-order valence-electron chi connectivity index (χ0n) is 8.35. The van der Waals surface area contributed by atoms with Crippen molar-refractivity contribution in [3.8, 4) is 0 Å². The van der Waals surface area contributed by atoms with Crippen molar-refractivity contribution >= 4 is 23.1 Å². The van der Waals surface area contributed by atoms with Crippen molar-refractivity contribution in [1.82, 2.24) is 15.1 Å². The molecule has 84 valence electrons. The first kappa shape index (κ1) is 10.7. The topological polar surface area (TPSA) is 89.9 Å². The summed E-state index contributed by atoms with van der Waals surface area (Å²) in [6.45, 7) is 0.608. The first-order valence-electron chi connectivity index (χ1n) is 4.67. The molecule has 0 atom stereocenters. The van der Waals surface area contributed by atoms with E-state index in [-0.39, 0.29) is 0 Å². The summed E-state index contributed by atoms with van der Waals surface area (Å²) in [5.74, 6) is 1.20. The number of pyridine rings is 1. The second-order valence-electron chi connectivity index (χ2n) is 3.10. The maximum atomic E-state index is 5.75. The zero-order valence-corrected chi connectivity index (χ0v) is 9.11. The number of anilines is 2. The summed E-state index contributed by atoms with van der Waals surface area (Å²) >= 11 is 5.75. The van der Waals surface area contributed by atoms with Crippen LogP contribution in [0.3, 0.4) is 0 Å². The Bertz CT molecular complexity index is 459. The number of halogens is 1. The van der Waals surface area contributed by atoms with Crippen molar-refractivity contribution in [3.05, 3.63) is 29.5 Å². The number of rotatable bonds is 4. The largest absolute Gasteiger partial charge is 0.396 e. The Balaban J connectivity index is 1.92. The Labute approximate surface area is 96.8 Å². The summed E-state index contributed by atoms with van der Waals surface area (Å²) in [6, 6.07) is 3.34. The first-order valence-corrected chi connectivity index (χ1v) is 5.04. The molecule has 2 rings (SSSR count). The third kappa shape index (κ3) is 2.60. The lowest BCUT2D eigenvalue weighted by molar-refractivity contribution is 0.410. The summed E-state index contributed by atoms with van der Waals surface area (Å²) in [6.07, 6.45) is 1.92. The first-order chi connectivity index (χ1) is 7.75. The molecule has 0 amide bonds. The summed E-state index contributed by atoms with van der Waals surface area (Å²) in [5.41, 5.74) is 6.27. The molecule has 2 heterocycles. The Morgan fingerprint density at radius 1 is 1.44 bits per heavy atom. The van der Waals surface area contributed by atoms with Crippen LogP contribution < -0.4 is 11.1 Å². The van der Waals surface area contributed by atoms with Gasteiger partial charge in [-0.2, -0.15) is 4.98 Å². The van der Waals surface area contributed by atoms with Crippen molar-refractivity contribution in [2.24, 2.45) is 0 Å². The maximum Gasteiger partial charge on any atom is 0.213 e. The molecule has 2 aromatic heterocycles. The van der Waals surface area contributed by atoms with Crippen LogP contribution in [0.4, 0.5) is 11.5 Å². The highest BCUT2D eigenvalue weighted by Gasteiger charge is 2.02. The maximum absolute atomic E-state index is 5.75. The third-order valence-electron chi connectivity index (χ3n) is 1.94. The van der Waals surface area contributed by atoms with E-state index in [1.54, 1.807) is 12.1 Å². The summed E-state index contributed by atoms with van der Waals surface area (Å²) < 4.78 is 4.61. The van der Waals surface area contributed by atoms with Crippen molar-refractivity contribution < 1.29 is 4.52 Å². The normalized spacial score (nSPS) is 10.3. The summed E-state index contributed by atoms with van der Waals surface area (Å²) in [4.78, 5) is 7.95. The van der Waals surface area contributed by atoms with Gasteiger partial charge < -0.3 is 15.6 Å². The average Bonchev–Trinajstić information content (AvgIpc) is 2.76. The molecule has 6 nitrogen and oxygen atoms in total. The van der Waals surface area contributed by atoms with E-state index >= 15 is 0 Å². The van der Waals surface area contributed by atoms with Crippen LogP contribution in [0.25, 0.3) is 0 Å². The number of hydrogen-bond acceptors (Lipinski definition) is 6. The van der Waals surface area contributed by atoms with Gasteiger partial charge in [-0.15, -0.1) is 0 Å². The molecule has 0 aliphatic rings. The predicted octanol–water partition coefficient (Wildman–Crippen LogP) is 1.35. The molecule has 0 unspecified atom stereocenters. The summed E-state index contributed by atoms with van der Waals surface area (Å²) in [5, 5.41) is 7.13. The van der Waals surface area contributed by atoms with Gasteiger partial charge in [-0.3, -0.25) is 0 Å². The van der Waals surface area contributed by atoms with Gasteiger partial charge in [0.15, 0.2) is 11.6 Å². The van der Waals surface area contributed by atoms with E-state index in [1.165, 1.54) is 6.39 Å². The number of nitrogens with two attached hydrogens (primary N) is 1. The Morgan fingerprint density at radius 3 is 3.06 bits per heavy atom. The molecule has 0 aliphatic carbocycles. The average molecular weight is 240 g/mol. The number of nitrogen functional groups attached to an aromatic ring is 1. The Hall–Kier alpha value is -1.82. The standard InChI is InChI=1S/C9H10ClN5O/c10-7-2-1-6(11)9(14-7)12-4-3-8-13-5-16-15-8/h1-2,5H,3-4,11H2,(H,12,14). The van der Waals surface area contributed by atoms with E-state index in [9.17, 15) is 0 Å². The number of aromatic nitrogens is 3. The minimum Gasteiger partial charge on any atom is -0.396 e. The fourth-order valence-electron chi connectivity index (χ4n) is 1.18. The molecule has 0 bridgehead atoms. The van der Waals surface area contributed by atoms with Gasteiger partial charge in [-0.25, -0.2) is 4.98 Å². The van der Waals surface area contributed by atoms with Crippen LogP contribution in [0.15, 0.2) is 23.0 Å². The molecule has 2 aromatic rings. The molecule has 0 spiro atoms. The predicted molar refractivity (Wildman–Crippen MR) is 60.2 cm³/mol. The van der Waals surface area contributed by atoms with E-state index in [1.807, 2.05) is 0 Å². The molecular formula is C9H10ClN5O. The van der Waals surface area contributed by atoms with E-state index in [4.69, 9.17) is 17.3 Å². The van der Waals surface area contributed by atoms with Gasteiger partial charge in [-0.1, -0.05) is 16.8 Å². The van der Waals surface area contributed by atoms with Crippen LogP contribution in [-0.2, 0) is 6.42 Å². The van der Waals surface area contributed by atoms with Crippen LogP contribution >= 0.6 is 11.6 Å². The molecule has 0 aliphatic heterocycles. The van der Waals surface area contributed by atoms with E-state index in [0.29, 0.717) is 35.4 Å². The van der Waals surface area contributed by atoms with Gasteiger partial charge in [0.2, 0.25) is 6.39 Å². The molecule has 0 aromatic carbocycles. The fourth-order valence-corrected chi connectivity index (χ4v) is 1.33. The Morgan fingerprint density at radius 2 is 2.31 bits per heavy atom. The molecule has 0 saturated heterocycles. The van der Waals surface area contributed by atoms with Gasteiger partial charge >= 0.3 is 0 Å². The van der Waals surface area contributed by atoms with Crippen LogP contribution in [0.2, 0.25) is 5.15 Å². The van der Waals surface area contributed by atoms with E-state index < -0.39 is 0 Å². The van der Waals surface area contributed by atoms with E-state index in [0.717, 1.165) is 0 Å². The van der Waals surface area contributed by atoms with Crippen LogP contribution in [0, 0.1) is 0 Å². The van der Waals surface area contributed by atoms with E-state index in [2.05, 4.69) is 25.0 Å². The minimum atomic E-state index is 0.399. The number of nitrogens with zero attached hydrogens (tertiary/aromatic N) is 3. The van der Waals surface area contributed by atoms with Gasteiger partial charge in [-0.05, 0) is 12.1 Å². The monoisotopic (exact) mass is 239 g/mol. The van der Waals surface area contributed by atoms with Crippen LogP contribution in [-0.4, -0.2) is 21.7 Å². The van der Waals surface area contributed by atoms with Crippen LogP contribution in [0.1, 0.15) is 5.82 Å². The molecule has 0 saturated carbocycles. The molecule has 7 heteroatoms. The molecule has 0 fully saturated rings. The van der Waals surface area contributed by atoms with Crippen molar-refractivity contribution in [2.45, 2.75) is 6.42 Å². The molecular weight excluding hydrogens is 230 g/mol. The minimum absolute atomic E-state index is 0.399. The van der Waals surface area contributed by atoms with Gasteiger partial charge in [0.25, 0.3) is 0 Å². The quantitative estimate of drug-likeness (QED) is 0.783. The highest BCUT2D eigenvalue weighted by atomic mass is 35.5. The fraction of sp³-hybridized carbons (Fsp3) is 0.222. The highest BCUT2D eigenvalue weighted by Crippen LogP contribution is 2.17. The lowest BCUT2D eigenvalue weighted by Gasteiger charge is -2.06. The lowest BCUT2D eigenvalue weighted by atomic mass is 10.3. The Kier molecular flexibility index (Phi) is 3.21. The molecule has 16 heavy (non-hydrogen) atoms. The molecule has 3 N–H and O–H groups in total.